The van der Waals surface area contributed by atoms with Crippen molar-refractivity contribution in [2.75, 3.05) is 11.9 Å². The van der Waals surface area contributed by atoms with Crippen LogP contribution < -0.4 is 10.0 Å². The Morgan fingerprint density at radius 3 is 2.75 bits per heavy atom. The van der Waals surface area contributed by atoms with Crippen LogP contribution in [0, 0.1) is 0 Å². The number of hydrogen-bond acceptors (Lipinski definition) is 4. The topological polar surface area (TPSA) is 113 Å². The molecular weight excluding hydrogens is 352 g/mol. The zero-order chi connectivity index (χ0) is 14.9. The number of carboxylic acid groups (broad SMARTS) is 1. The highest BCUT2D eigenvalue weighted by atomic mass is 79.9. The number of rotatable bonds is 4. The monoisotopic (exact) mass is 362 g/mol. The van der Waals surface area contributed by atoms with Gasteiger partial charge in [0.15, 0.2) is 0 Å². The Bertz CT molecular complexity index is 686. The van der Waals surface area contributed by atoms with Crippen LogP contribution in [0.15, 0.2) is 21.5 Å². The van der Waals surface area contributed by atoms with E-state index < -0.39 is 22.5 Å². The van der Waals surface area contributed by atoms with Gasteiger partial charge in [-0.05, 0) is 40.0 Å². The summed E-state index contributed by atoms with van der Waals surface area (Å²) in [6.07, 6.45) is 0.880. The van der Waals surface area contributed by atoms with E-state index in [9.17, 15) is 18.0 Å². The molecule has 2 rings (SSSR count). The lowest BCUT2D eigenvalue weighted by atomic mass is 10.0. The maximum Gasteiger partial charge on any atom is 0.318 e. The van der Waals surface area contributed by atoms with Gasteiger partial charge in [0.05, 0.1) is 4.90 Å². The smallest absolute Gasteiger partial charge is 0.318 e. The number of amides is 1. The lowest BCUT2D eigenvalue weighted by Crippen LogP contribution is -2.30. The quantitative estimate of drug-likeness (QED) is 0.729. The predicted molar refractivity (Wildman–Crippen MR) is 73.9 cm³/mol. The van der Waals surface area contributed by atoms with Crippen LogP contribution in [0.1, 0.15) is 12.0 Å². The first-order chi connectivity index (χ1) is 9.29. The Hall–Kier alpha value is -1.45. The number of benzene rings is 1. The molecule has 0 aliphatic carbocycles. The molecule has 3 N–H and O–H groups in total. The predicted octanol–water partition coefficient (Wildman–Crippen LogP) is 0.697. The minimum Gasteiger partial charge on any atom is -0.480 e. The first-order valence-corrected chi connectivity index (χ1v) is 7.91. The molecule has 108 valence electrons. The van der Waals surface area contributed by atoms with Gasteiger partial charge in [0.25, 0.3) is 0 Å². The van der Waals surface area contributed by atoms with Gasteiger partial charge < -0.3 is 10.4 Å². The number of sulfonamides is 1. The maximum atomic E-state index is 12.0. The van der Waals surface area contributed by atoms with Crippen LogP contribution in [0.25, 0.3) is 0 Å². The van der Waals surface area contributed by atoms with Crippen molar-refractivity contribution in [2.24, 2.45) is 0 Å². The molecule has 1 aliphatic heterocycles. The third-order valence-corrected chi connectivity index (χ3v) is 5.12. The second-order valence-corrected chi connectivity index (χ2v) is 6.80. The van der Waals surface area contributed by atoms with E-state index in [2.05, 4.69) is 21.2 Å². The summed E-state index contributed by atoms with van der Waals surface area (Å²) >= 11 is 3.15. The van der Waals surface area contributed by atoms with Gasteiger partial charge in [-0.25, -0.2) is 8.42 Å². The fourth-order valence-corrected chi connectivity index (χ4v) is 3.91. The molecule has 1 aromatic carbocycles. The van der Waals surface area contributed by atoms with Crippen molar-refractivity contribution in [1.29, 1.82) is 0 Å². The molecule has 0 saturated carbocycles. The number of carbonyl (C=O) groups is 2. The minimum absolute atomic E-state index is 0.111. The highest BCUT2D eigenvalue weighted by Crippen LogP contribution is 2.31. The van der Waals surface area contributed by atoms with Crippen molar-refractivity contribution in [3.63, 3.8) is 0 Å². The van der Waals surface area contributed by atoms with Gasteiger partial charge in [-0.15, -0.1) is 0 Å². The number of aryl methyl sites for hydroxylation is 1. The van der Waals surface area contributed by atoms with Gasteiger partial charge in [0.1, 0.15) is 6.54 Å². The summed E-state index contributed by atoms with van der Waals surface area (Å²) in [4.78, 5) is 21.7. The molecule has 1 amide bonds. The average molecular weight is 363 g/mol. The van der Waals surface area contributed by atoms with E-state index in [-0.39, 0.29) is 10.8 Å². The lowest BCUT2D eigenvalue weighted by Gasteiger charge is -2.18. The number of hydrogen-bond donors (Lipinski definition) is 3. The molecule has 0 aromatic heterocycles. The van der Waals surface area contributed by atoms with Crippen LogP contribution in [-0.4, -0.2) is 31.9 Å². The largest absolute Gasteiger partial charge is 0.480 e. The maximum absolute atomic E-state index is 12.0. The molecule has 9 heteroatoms. The van der Waals surface area contributed by atoms with Gasteiger partial charge in [0.2, 0.25) is 15.9 Å². The molecule has 7 nitrogen and oxygen atoms in total. The molecule has 0 fully saturated rings. The van der Waals surface area contributed by atoms with Crippen molar-refractivity contribution in [3.8, 4) is 0 Å². The summed E-state index contributed by atoms with van der Waals surface area (Å²) in [7, 11) is -3.97. The number of anilines is 1. The van der Waals surface area contributed by atoms with Crippen LogP contribution in [-0.2, 0) is 26.0 Å². The standard InChI is InChI=1S/C11H11BrN2O5S/c12-7-3-6-1-2-10(15)14-8(6)4-9(7)20(18,19)13-5-11(16)17/h3-4,13H,1-2,5H2,(H,14,15)(H,16,17). The number of aliphatic carboxylic acids is 1. The summed E-state index contributed by atoms with van der Waals surface area (Å²) in [6, 6.07) is 2.94. The summed E-state index contributed by atoms with van der Waals surface area (Å²) < 4.78 is 26.3. The van der Waals surface area contributed by atoms with E-state index in [0.717, 1.165) is 5.56 Å². The van der Waals surface area contributed by atoms with Gasteiger partial charge in [0, 0.05) is 16.6 Å². The van der Waals surface area contributed by atoms with E-state index in [4.69, 9.17) is 5.11 Å². The normalized spacial score (nSPS) is 14.6. The number of carboxylic acids is 1. The Balaban J connectivity index is 2.39. The van der Waals surface area contributed by atoms with Crippen LogP contribution in [0.2, 0.25) is 0 Å². The molecule has 1 heterocycles. The third kappa shape index (κ3) is 3.17. The van der Waals surface area contributed by atoms with Crippen LogP contribution in [0.5, 0.6) is 0 Å². The van der Waals surface area contributed by atoms with Gasteiger partial charge in [-0.3, -0.25) is 9.59 Å². The fourth-order valence-electron chi connectivity index (χ4n) is 1.82. The zero-order valence-corrected chi connectivity index (χ0v) is 12.5. The second-order valence-electron chi connectivity index (χ2n) is 4.21. The van der Waals surface area contributed by atoms with E-state index in [1.54, 1.807) is 6.07 Å². The van der Waals surface area contributed by atoms with Crippen LogP contribution >= 0.6 is 15.9 Å². The lowest BCUT2D eigenvalue weighted by molar-refractivity contribution is -0.135. The third-order valence-electron chi connectivity index (χ3n) is 2.76. The van der Waals surface area contributed by atoms with Gasteiger partial charge >= 0.3 is 5.97 Å². The molecule has 0 radical (unpaired) electrons. The summed E-state index contributed by atoms with van der Waals surface area (Å²) in [5, 5.41) is 11.1. The number of nitrogens with one attached hydrogen (secondary N) is 2. The van der Waals surface area contributed by atoms with Crippen LogP contribution in [0.3, 0.4) is 0 Å². The molecule has 1 aromatic rings. The second kappa shape index (κ2) is 5.51. The first-order valence-electron chi connectivity index (χ1n) is 5.63. The first kappa shape index (κ1) is 14.9. The molecule has 0 atom stereocenters. The van der Waals surface area contributed by atoms with E-state index in [1.807, 2.05) is 4.72 Å². The number of halogens is 1. The molecule has 0 spiro atoms. The van der Waals surface area contributed by atoms with Gasteiger partial charge in [-0.1, -0.05) is 0 Å². The number of carbonyl (C=O) groups excluding carboxylic acids is 1. The summed E-state index contributed by atoms with van der Waals surface area (Å²) in [6.45, 7) is -0.710. The Labute approximate surface area is 123 Å². The van der Waals surface area contributed by atoms with E-state index >= 15 is 0 Å². The Kier molecular flexibility index (Phi) is 4.11. The Morgan fingerprint density at radius 2 is 2.10 bits per heavy atom. The summed E-state index contributed by atoms with van der Waals surface area (Å²) in [5.74, 6) is -1.46. The molecule has 0 unspecified atom stereocenters. The molecule has 20 heavy (non-hydrogen) atoms. The SMILES string of the molecule is O=C(O)CNS(=O)(=O)c1cc2c(cc1Br)CCC(=O)N2. The molecule has 1 aliphatic rings. The van der Waals surface area contributed by atoms with E-state index in [1.165, 1.54) is 6.07 Å². The highest BCUT2D eigenvalue weighted by molar-refractivity contribution is 9.10. The zero-order valence-electron chi connectivity index (χ0n) is 10.1. The van der Waals surface area contributed by atoms with Crippen molar-refractivity contribution < 1.29 is 23.1 Å². The summed E-state index contributed by atoms with van der Waals surface area (Å²) in [5.41, 5.74) is 1.26. The highest BCUT2D eigenvalue weighted by Gasteiger charge is 2.23. The van der Waals surface area contributed by atoms with E-state index in [0.29, 0.717) is 23.0 Å². The molecular formula is C11H11BrN2O5S. The Morgan fingerprint density at radius 1 is 1.40 bits per heavy atom. The number of fused-ring (bicyclic) bond motifs is 1. The minimum atomic E-state index is -3.97. The van der Waals surface area contributed by atoms with Crippen molar-refractivity contribution in [1.82, 2.24) is 4.72 Å². The average Bonchev–Trinajstić information content (AvgIpc) is 2.36. The van der Waals surface area contributed by atoms with Gasteiger partial charge in [-0.2, -0.15) is 4.72 Å². The van der Waals surface area contributed by atoms with Crippen molar-refractivity contribution in [3.05, 3.63) is 22.2 Å². The van der Waals surface area contributed by atoms with Crippen molar-refractivity contribution in [2.45, 2.75) is 17.7 Å². The molecule has 0 bridgehead atoms. The fraction of sp³-hybridized carbons (Fsp3) is 0.273. The molecule has 0 saturated heterocycles. The van der Waals surface area contributed by atoms with Crippen LogP contribution in [0.4, 0.5) is 5.69 Å². The van der Waals surface area contributed by atoms with Crippen molar-refractivity contribution >= 4 is 43.5 Å².